The quantitative estimate of drug-likeness (QED) is 0.583. The van der Waals surface area contributed by atoms with Gasteiger partial charge in [-0.1, -0.05) is 12.1 Å². The van der Waals surface area contributed by atoms with E-state index >= 15 is 0 Å². The van der Waals surface area contributed by atoms with Gasteiger partial charge in [0.1, 0.15) is 17.6 Å². The Labute approximate surface area is 164 Å². The highest BCUT2D eigenvalue weighted by atomic mass is 16.5. The van der Waals surface area contributed by atoms with Gasteiger partial charge in [0.15, 0.2) is 5.78 Å². The second-order valence-electron chi connectivity index (χ2n) is 7.23. The van der Waals surface area contributed by atoms with Crippen molar-refractivity contribution in [3.8, 4) is 11.5 Å². The van der Waals surface area contributed by atoms with Crippen molar-refractivity contribution in [1.82, 2.24) is 0 Å². The average Bonchev–Trinajstić information content (AvgIpc) is 3.29. The summed E-state index contributed by atoms with van der Waals surface area (Å²) in [4.78, 5) is 26.4. The van der Waals surface area contributed by atoms with Crippen molar-refractivity contribution in [2.75, 3.05) is 18.6 Å². The van der Waals surface area contributed by atoms with E-state index in [1.165, 1.54) is 6.08 Å². The summed E-state index contributed by atoms with van der Waals surface area (Å²) in [5.41, 5.74) is 3.25. The Bertz CT molecular complexity index is 963. The third kappa shape index (κ3) is 3.52. The van der Waals surface area contributed by atoms with Crippen LogP contribution in [0.3, 0.4) is 0 Å². The number of carbonyl (C=O) groups excluding carboxylic acids is 2. The molecule has 0 bridgehead atoms. The van der Waals surface area contributed by atoms with E-state index in [-0.39, 0.29) is 17.8 Å². The normalized spacial score (nSPS) is 18.4. The average molecular weight is 377 g/mol. The number of nitrogens with zero attached hydrogens (tertiary/aromatic N) is 1. The van der Waals surface area contributed by atoms with Gasteiger partial charge < -0.3 is 14.4 Å². The lowest BCUT2D eigenvalue weighted by atomic mass is 10.0. The number of hydrogen-bond donors (Lipinski definition) is 0. The SMILES string of the molecule is COc1cc2c(cc1/C=C/C(=O)c1cccc(N3CCCC3=O)c1)OC(C)C2. The van der Waals surface area contributed by atoms with Crippen molar-refractivity contribution >= 4 is 23.5 Å². The van der Waals surface area contributed by atoms with Crippen LogP contribution in [-0.4, -0.2) is 31.4 Å². The van der Waals surface area contributed by atoms with Gasteiger partial charge in [0.05, 0.1) is 7.11 Å². The van der Waals surface area contributed by atoms with Crippen molar-refractivity contribution in [1.29, 1.82) is 0 Å². The fourth-order valence-corrected chi connectivity index (χ4v) is 3.77. The number of methoxy groups -OCH3 is 1. The van der Waals surface area contributed by atoms with E-state index in [2.05, 4.69) is 0 Å². The van der Waals surface area contributed by atoms with Crippen molar-refractivity contribution in [2.24, 2.45) is 0 Å². The molecule has 4 rings (SSSR count). The standard InChI is InChI=1S/C23H23NO4/c1-15-11-18-14-21(27-2)17(13-22(18)28-15)8-9-20(25)16-5-3-6-19(12-16)24-10-4-7-23(24)26/h3,5-6,8-9,12-15H,4,7,10-11H2,1-2H3/b9-8+. The Hall–Kier alpha value is -3.08. The van der Waals surface area contributed by atoms with Crippen LogP contribution in [0.2, 0.25) is 0 Å². The Balaban J connectivity index is 1.57. The third-order valence-electron chi connectivity index (χ3n) is 5.18. The van der Waals surface area contributed by atoms with Crippen LogP contribution in [0.1, 0.15) is 41.3 Å². The first kappa shape index (κ1) is 18.3. The van der Waals surface area contributed by atoms with Crippen molar-refractivity contribution in [3.63, 3.8) is 0 Å². The molecule has 0 radical (unpaired) electrons. The molecular weight excluding hydrogens is 354 g/mol. The number of allylic oxidation sites excluding steroid dienone is 1. The van der Waals surface area contributed by atoms with Crippen LogP contribution in [0.15, 0.2) is 42.5 Å². The summed E-state index contributed by atoms with van der Waals surface area (Å²) in [6, 6.07) is 11.1. The minimum Gasteiger partial charge on any atom is -0.496 e. The number of fused-ring (bicyclic) bond motifs is 1. The summed E-state index contributed by atoms with van der Waals surface area (Å²) in [6.07, 6.45) is 5.72. The number of rotatable bonds is 5. The Kier molecular flexibility index (Phi) is 4.90. The van der Waals surface area contributed by atoms with E-state index in [1.807, 2.05) is 31.2 Å². The molecule has 5 heteroatoms. The second-order valence-corrected chi connectivity index (χ2v) is 7.23. The first-order chi connectivity index (χ1) is 13.5. The molecule has 1 saturated heterocycles. The summed E-state index contributed by atoms with van der Waals surface area (Å²) in [5.74, 6) is 1.55. The molecule has 2 heterocycles. The number of anilines is 1. The smallest absolute Gasteiger partial charge is 0.227 e. The Morgan fingerprint density at radius 3 is 2.89 bits per heavy atom. The van der Waals surface area contributed by atoms with Gasteiger partial charge in [-0.3, -0.25) is 9.59 Å². The van der Waals surface area contributed by atoms with E-state index in [1.54, 1.807) is 30.2 Å². The molecule has 0 spiro atoms. The third-order valence-corrected chi connectivity index (χ3v) is 5.18. The maximum absolute atomic E-state index is 12.7. The molecule has 0 aromatic heterocycles. The van der Waals surface area contributed by atoms with Gasteiger partial charge >= 0.3 is 0 Å². The summed E-state index contributed by atoms with van der Waals surface area (Å²) < 4.78 is 11.3. The highest BCUT2D eigenvalue weighted by Crippen LogP contribution is 2.35. The molecule has 2 aliphatic heterocycles. The molecule has 0 saturated carbocycles. The molecule has 2 aromatic rings. The van der Waals surface area contributed by atoms with Crippen LogP contribution >= 0.6 is 0 Å². The van der Waals surface area contributed by atoms with Crippen LogP contribution in [-0.2, 0) is 11.2 Å². The van der Waals surface area contributed by atoms with Gasteiger partial charge in [-0.25, -0.2) is 0 Å². The van der Waals surface area contributed by atoms with Crippen LogP contribution in [0, 0.1) is 0 Å². The summed E-state index contributed by atoms with van der Waals surface area (Å²) in [5, 5.41) is 0. The molecular formula is C23H23NO4. The zero-order valence-corrected chi connectivity index (χ0v) is 16.1. The predicted octanol–water partition coefficient (Wildman–Crippen LogP) is 4.04. The zero-order chi connectivity index (χ0) is 19.7. The lowest BCUT2D eigenvalue weighted by molar-refractivity contribution is -0.117. The largest absolute Gasteiger partial charge is 0.496 e. The molecule has 5 nitrogen and oxygen atoms in total. The Morgan fingerprint density at radius 1 is 1.29 bits per heavy atom. The molecule has 1 fully saturated rings. The fourth-order valence-electron chi connectivity index (χ4n) is 3.77. The van der Waals surface area contributed by atoms with Crippen molar-refractivity contribution < 1.29 is 19.1 Å². The number of amides is 1. The lowest BCUT2D eigenvalue weighted by Crippen LogP contribution is -2.23. The van der Waals surface area contributed by atoms with Crippen LogP contribution in [0.5, 0.6) is 11.5 Å². The minimum atomic E-state index is -0.120. The highest BCUT2D eigenvalue weighted by molar-refractivity contribution is 6.08. The van der Waals surface area contributed by atoms with Crippen molar-refractivity contribution in [2.45, 2.75) is 32.3 Å². The second kappa shape index (κ2) is 7.50. The first-order valence-electron chi connectivity index (χ1n) is 9.55. The first-order valence-corrected chi connectivity index (χ1v) is 9.55. The number of hydrogen-bond acceptors (Lipinski definition) is 4. The van der Waals surface area contributed by atoms with E-state index in [9.17, 15) is 9.59 Å². The van der Waals surface area contributed by atoms with Gasteiger partial charge in [-0.2, -0.15) is 0 Å². The molecule has 1 atom stereocenters. The topological polar surface area (TPSA) is 55.8 Å². The fraction of sp³-hybridized carbons (Fsp3) is 0.304. The molecule has 0 N–H and O–H groups in total. The molecule has 2 aromatic carbocycles. The van der Waals surface area contributed by atoms with Gasteiger partial charge in [-0.05, 0) is 49.8 Å². The zero-order valence-electron chi connectivity index (χ0n) is 16.1. The number of ether oxygens (including phenoxy) is 2. The van der Waals surface area contributed by atoms with Crippen LogP contribution in [0.4, 0.5) is 5.69 Å². The number of carbonyl (C=O) groups is 2. The van der Waals surface area contributed by atoms with Gasteiger partial charge in [0, 0.05) is 41.8 Å². The summed E-state index contributed by atoms with van der Waals surface area (Å²) >= 11 is 0. The molecule has 144 valence electrons. The summed E-state index contributed by atoms with van der Waals surface area (Å²) in [6.45, 7) is 2.74. The van der Waals surface area contributed by atoms with E-state index in [4.69, 9.17) is 9.47 Å². The minimum absolute atomic E-state index is 0.109. The van der Waals surface area contributed by atoms with Gasteiger partial charge in [0.25, 0.3) is 0 Å². The predicted molar refractivity (Wildman–Crippen MR) is 108 cm³/mol. The molecule has 2 aliphatic rings. The lowest BCUT2D eigenvalue weighted by Gasteiger charge is -2.16. The van der Waals surface area contributed by atoms with Crippen molar-refractivity contribution in [3.05, 3.63) is 59.2 Å². The van der Waals surface area contributed by atoms with Crippen LogP contribution < -0.4 is 14.4 Å². The molecule has 1 unspecified atom stereocenters. The summed E-state index contributed by atoms with van der Waals surface area (Å²) in [7, 11) is 1.62. The van der Waals surface area contributed by atoms with E-state index in [0.29, 0.717) is 18.5 Å². The monoisotopic (exact) mass is 377 g/mol. The highest BCUT2D eigenvalue weighted by Gasteiger charge is 2.23. The molecule has 1 amide bonds. The molecule has 0 aliphatic carbocycles. The number of ketones is 1. The van der Waals surface area contributed by atoms with E-state index < -0.39 is 0 Å². The maximum atomic E-state index is 12.7. The number of benzene rings is 2. The van der Waals surface area contributed by atoms with E-state index in [0.717, 1.165) is 41.2 Å². The van der Waals surface area contributed by atoms with Gasteiger partial charge in [-0.15, -0.1) is 0 Å². The maximum Gasteiger partial charge on any atom is 0.227 e. The van der Waals surface area contributed by atoms with Gasteiger partial charge in [0.2, 0.25) is 5.91 Å². The Morgan fingerprint density at radius 2 is 2.14 bits per heavy atom. The molecule has 28 heavy (non-hydrogen) atoms. The van der Waals surface area contributed by atoms with Crippen LogP contribution in [0.25, 0.3) is 6.08 Å².